The summed E-state index contributed by atoms with van der Waals surface area (Å²) < 4.78 is 0. The first-order valence-electron chi connectivity index (χ1n) is 5.50. The van der Waals surface area contributed by atoms with Crippen molar-refractivity contribution in [2.45, 2.75) is 0 Å². The van der Waals surface area contributed by atoms with E-state index in [2.05, 4.69) is 0 Å². The minimum Gasteiger partial charge on any atom is -0.549 e. The summed E-state index contributed by atoms with van der Waals surface area (Å²) >= 11 is 0. The molecule has 0 aliphatic rings. The molecule has 0 aromatic heterocycles. The van der Waals surface area contributed by atoms with E-state index in [4.69, 9.17) is 15.3 Å². The molecular weight excluding hydrogens is 283 g/mol. The van der Waals surface area contributed by atoms with Crippen LogP contribution >= 0.6 is 0 Å². The topological polar surface area (TPSA) is 159 Å². The van der Waals surface area contributed by atoms with Crippen LogP contribution in [0.5, 0.6) is 0 Å². The van der Waals surface area contributed by atoms with E-state index in [0.29, 0.717) is 0 Å². The zero-order chi connectivity index (χ0) is 15.7. The standard InChI is InChI=1S/C10H16N2O8.Li/c13-7(14)3-11(4-8(15)16)1-2-12(5-9(17)18)6-10(19)20;/h1-6H2,(H,13,14)(H,15,16)(H,17,18)(H,19,20);/q;+1/p-1. The maximum atomic E-state index is 10.5. The molecule has 0 spiro atoms. The van der Waals surface area contributed by atoms with Gasteiger partial charge in [0.15, 0.2) is 0 Å². The molecule has 0 atom stereocenters. The Morgan fingerprint density at radius 3 is 1.24 bits per heavy atom. The summed E-state index contributed by atoms with van der Waals surface area (Å²) in [6.45, 7) is -2.50. The van der Waals surface area contributed by atoms with Gasteiger partial charge in [-0.2, -0.15) is 0 Å². The average molecular weight is 298 g/mol. The molecule has 11 heteroatoms. The van der Waals surface area contributed by atoms with Crippen molar-refractivity contribution in [3.63, 3.8) is 0 Å². The summed E-state index contributed by atoms with van der Waals surface area (Å²) in [5.41, 5.74) is 0. The largest absolute Gasteiger partial charge is 1.00 e. The normalized spacial score (nSPS) is 10.2. The Morgan fingerprint density at radius 2 is 1.00 bits per heavy atom. The Hall–Kier alpha value is -1.60. The van der Waals surface area contributed by atoms with Crippen LogP contribution in [0.2, 0.25) is 0 Å². The average Bonchev–Trinajstić information content (AvgIpc) is 2.22. The molecule has 0 rings (SSSR count). The minimum atomic E-state index is -1.48. The molecule has 0 saturated carbocycles. The van der Waals surface area contributed by atoms with Crippen LogP contribution in [0.4, 0.5) is 0 Å². The number of carbonyl (C=O) groups is 4. The summed E-state index contributed by atoms with van der Waals surface area (Å²) in [5.74, 6) is -5.21. The molecule has 3 N–H and O–H groups in total. The number of hydrogen-bond acceptors (Lipinski definition) is 7. The van der Waals surface area contributed by atoms with Gasteiger partial charge >= 0.3 is 36.8 Å². The first-order chi connectivity index (χ1) is 9.20. The van der Waals surface area contributed by atoms with Crippen LogP contribution in [0.15, 0.2) is 0 Å². The van der Waals surface area contributed by atoms with Crippen molar-refractivity contribution < 1.29 is 58.5 Å². The molecular formula is C10H15LiN2O8. The van der Waals surface area contributed by atoms with Crippen molar-refractivity contribution in [1.29, 1.82) is 0 Å². The van der Waals surface area contributed by atoms with E-state index in [1.54, 1.807) is 0 Å². The van der Waals surface area contributed by atoms with E-state index >= 15 is 0 Å². The number of carboxylic acids is 4. The Bertz CT molecular complexity index is 321. The maximum absolute atomic E-state index is 10.5. The third-order valence-corrected chi connectivity index (χ3v) is 2.16. The van der Waals surface area contributed by atoms with E-state index in [1.165, 1.54) is 0 Å². The minimum absolute atomic E-state index is 0. The van der Waals surface area contributed by atoms with Gasteiger partial charge in [0.2, 0.25) is 0 Å². The van der Waals surface area contributed by atoms with Crippen LogP contribution in [0, 0.1) is 0 Å². The predicted octanol–water partition coefficient (Wildman–Crippen LogP) is -6.40. The molecule has 0 aromatic carbocycles. The van der Waals surface area contributed by atoms with E-state index in [1.807, 2.05) is 0 Å². The van der Waals surface area contributed by atoms with E-state index in [-0.39, 0.29) is 32.0 Å². The third-order valence-electron chi connectivity index (χ3n) is 2.16. The molecule has 21 heavy (non-hydrogen) atoms. The third kappa shape index (κ3) is 13.1. The summed E-state index contributed by atoms with van der Waals surface area (Å²) in [6, 6.07) is 0. The molecule has 0 aliphatic carbocycles. The second-order valence-corrected chi connectivity index (χ2v) is 3.97. The van der Waals surface area contributed by atoms with Gasteiger partial charge in [-0.25, -0.2) is 0 Å². The van der Waals surface area contributed by atoms with Gasteiger partial charge < -0.3 is 25.2 Å². The van der Waals surface area contributed by atoms with Crippen molar-refractivity contribution >= 4 is 23.9 Å². The fourth-order valence-electron chi connectivity index (χ4n) is 1.47. The number of carbonyl (C=O) groups excluding carboxylic acids is 1. The number of nitrogens with zero attached hydrogens (tertiary/aromatic N) is 2. The zero-order valence-electron chi connectivity index (χ0n) is 11.5. The Balaban J connectivity index is 0. The first kappa shape index (κ1) is 21.7. The zero-order valence-corrected chi connectivity index (χ0v) is 11.5. The number of rotatable bonds is 11. The van der Waals surface area contributed by atoms with Gasteiger partial charge in [-0.1, -0.05) is 0 Å². The van der Waals surface area contributed by atoms with Crippen LogP contribution in [0.1, 0.15) is 0 Å². The van der Waals surface area contributed by atoms with E-state index < -0.39 is 50.1 Å². The van der Waals surface area contributed by atoms with Crippen molar-refractivity contribution in [3.05, 3.63) is 0 Å². The molecule has 0 unspecified atom stereocenters. The summed E-state index contributed by atoms with van der Waals surface area (Å²) in [5, 5.41) is 36.3. The quantitative estimate of drug-likeness (QED) is 0.313. The second kappa shape index (κ2) is 11.1. The van der Waals surface area contributed by atoms with Crippen molar-refractivity contribution in [2.75, 3.05) is 39.3 Å². The predicted molar refractivity (Wildman–Crippen MR) is 60.8 cm³/mol. The van der Waals surface area contributed by atoms with Crippen LogP contribution in [-0.4, -0.2) is 88.3 Å². The Labute approximate surface area is 132 Å². The first-order valence-corrected chi connectivity index (χ1v) is 5.50. The Morgan fingerprint density at radius 1 is 0.714 bits per heavy atom. The number of hydrogen-bond donors (Lipinski definition) is 3. The molecule has 0 amide bonds. The van der Waals surface area contributed by atoms with Gasteiger partial charge in [0.1, 0.15) is 0 Å². The van der Waals surface area contributed by atoms with E-state index in [9.17, 15) is 24.3 Å². The van der Waals surface area contributed by atoms with Crippen molar-refractivity contribution in [1.82, 2.24) is 9.80 Å². The Kier molecular flexibility index (Phi) is 11.5. The van der Waals surface area contributed by atoms with Gasteiger partial charge in [0, 0.05) is 19.6 Å². The molecule has 0 radical (unpaired) electrons. The van der Waals surface area contributed by atoms with Gasteiger partial charge in [0.05, 0.1) is 25.6 Å². The van der Waals surface area contributed by atoms with Crippen LogP contribution in [-0.2, 0) is 19.2 Å². The summed E-state index contributed by atoms with van der Waals surface area (Å²) in [6.07, 6.45) is 0. The number of carboxylic acid groups (broad SMARTS) is 4. The number of aliphatic carboxylic acids is 4. The SMILES string of the molecule is O=C([O-])CN(CCN(CC(=O)O)CC(=O)O)CC(=O)O.[Li+]. The van der Waals surface area contributed by atoms with Gasteiger partial charge in [-0.3, -0.25) is 24.2 Å². The van der Waals surface area contributed by atoms with E-state index in [0.717, 1.165) is 9.80 Å². The summed E-state index contributed by atoms with van der Waals surface area (Å²) in [7, 11) is 0. The molecule has 0 aliphatic heterocycles. The van der Waals surface area contributed by atoms with Gasteiger partial charge in [-0.05, 0) is 0 Å². The molecule has 0 fully saturated rings. The van der Waals surface area contributed by atoms with Crippen LogP contribution in [0.25, 0.3) is 0 Å². The molecule has 0 bridgehead atoms. The molecule has 10 nitrogen and oxygen atoms in total. The second-order valence-electron chi connectivity index (χ2n) is 3.97. The van der Waals surface area contributed by atoms with Gasteiger partial charge in [0.25, 0.3) is 0 Å². The fourth-order valence-corrected chi connectivity index (χ4v) is 1.47. The van der Waals surface area contributed by atoms with Gasteiger partial charge in [-0.15, -0.1) is 0 Å². The molecule has 0 saturated heterocycles. The molecule has 114 valence electrons. The summed E-state index contributed by atoms with van der Waals surface area (Å²) in [4.78, 5) is 44.1. The smallest absolute Gasteiger partial charge is 0.549 e. The van der Waals surface area contributed by atoms with Crippen molar-refractivity contribution in [3.8, 4) is 0 Å². The van der Waals surface area contributed by atoms with Crippen LogP contribution in [0.3, 0.4) is 0 Å². The molecule has 0 heterocycles. The monoisotopic (exact) mass is 298 g/mol. The molecule has 0 aromatic rings. The fraction of sp³-hybridized carbons (Fsp3) is 0.600. The van der Waals surface area contributed by atoms with Crippen LogP contribution < -0.4 is 24.0 Å². The maximum Gasteiger partial charge on any atom is 1.00 e. The van der Waals surface area contributed by atoms with Crippen molar-refractivity contribution in [2.24, 2.45) is 0 Å².